The van der Waals surface area contributed by atoms with Crippen molar-refractivity contribution < 1.29 is 14.7 Å². The Bertz CT molecular complexity index is 1870. The van der Waals surface area contributed by atoms with Gasteiger partial charge in [-0.25, -0.2) is 14.6 Å². The Hall–Kier alpha value is -4.60. The Labute approximate surface area is 243 Å². The first kappa shape index (κ1) is 26.3. The topological polar surface area (TPSA) is 119 Å². The SMILES string of the molecule is Cc1c2cnc3c1nnn3CCCCCc1cnc3c(c1)cc(n3C)C(=O)N1CCc3ccc(cc3C1)C2CC(=O)O. The number of pyridine rings is 2. The molecule has 0 fully saturated rings. The van der Waals surface area contributed by atoms with Gasteiger partial charge in [-0.1, -0.05) is 29.8 Å². The lowest BCUT2D eigenvalue weighted by atomic mass is 9.84. The fourth-order valence-electron chi connectivity index (χ4n) is 6.63. The number of aromatic nitrogens is 6. The summed E-state index contributed by atoms with van der Waals surface area (Å²) in [5.74, 6) is -1.31. The van der Waals surface area contributed by atoms with Gasteiger partial charge in [0.15, 0.2) is 5.65 Å². The van der Waals surface area contributed by atoms with Crippen LogP contribution >= 0.6 is 0 Å². The molecule has 1 unspecified atom stereocenters. The highest BCUT2D eigenvalue weighted by atomic mass is 16.4. The zero-order chi connectivity index (χ0) is 29.0. The highest BCUT2D eigenvalue weighted by molar-refractivity contribution is 5.98. The van der Waals surface area contributed by atoms with Crippen LogP contribution in [0.5, 0.6) is 0 Å². The van der Waals surface area contributed by atoms with E-state index in [2.05, 4.69) is 28.5 Å². The predicted molar refractivity (Wildman–Crippen MR) is 157 cm³/mol. The molecule has 4 aromatic heterocycles. The van der Waals surface area contributed by atoms with Crippen LogP contribution < -0.4 is 0 Å². The summed E-state index contributed by atoms with van der Waals surface area (Å²) >= 11 is 0. The van der Waals surface area contributed by atoms with Crippen LogP contribution in [0.15, 0.2) is 42.7 Å². The molecule has 5 aromatic rings. The lowest BCUT2D eigenvalue weighted by Crippen LogP contribution is -2.37. The molecular formula is C32H33N7O3. The number of fused-ring (bicyclic) bond motifs is 5. The number of aliphatic carboxylic acids is 1. The van der Waals surface area contributed by atoms with Gasteiger partial charge < -0.3 is 14.6 Å². The molecule has 42 heavy (non-hydrogen) atoms. The normalized spacial score (nSPS) is 17.5. The summed E-state index contributed by atoms with van der Waals surface area (Å²) in [5.41, 5.74) is 8.89. The summed E-state index contributed by atoms with van der Waals surface area (Å²) in [6, 6.07) is 10.3. The molecule has 1 N–H and O–H groups in total. The summed E-state index contributed by atoms with van der Waals surface area (Å²) in [6.45, 7) is 3.78. The second-order valence-electron chi connectivity index (χ2n) is 11.6. The van der Waals surface area contributed by atoms with E-state index in [9.17, 15) is 14.7 Å². The van der Waals surface area contributed by atoms with Crippen molar-refractivity contribution in [2.24, 2.45) is 7.05 Å². The number of carbonyl (C=O) groups excluding carboxylic acids is 1. The van der Waals surface area contributed by atoms with Crippen LogP contribution in [-0.2, 0) is 37.8 Å². The van der Waals surface area contributed by atoms with Crippen molar-refractivity contribution in [2.45, 2.75) is 64.5 Å². The number of nitrogens with zero attached hydrogens (tertiary/aromatic N) is 7. The number of carboxylic acid groups (broad SMARTS) is 1. The largest absolute Gasteiger partial charge is 0.481 e. The summed E-state index contributed by atoms with van der Waals surface area (Å²) in [4.78, 5) is 37.2. The van der Waals surface area contributed by atoms with E-state index < -0.39 is 11.9 Å². The number of amides is 1. The number of benzene rings is 1. The monoisotopic (exact) mass is 563 g/mol. The van der Waals surface area contributed by atoms with E-state index in [0.29, 0.717) is 30.8 Å². The zero-order valence-corrected chi connectivity index (χ0v) is 23.9. The van der Waals surface area contributed by atoms with Crippen LogP contribution in [0.2, 0.25) is 0 Å². The van der Waals surface area contributed by atoms with Gasteiger partial charge in [0, 0.05) is 50.4 Å². The Morgan fingerprint density at radius 2 is 1.86 bits per heavy atom. The van der Waals surface area contributed by atoms with Gasteiger partial charge in [-0.3, -0.25) is 9.59 Å². The maximum absolute atomic E-state index is 13.8. The van der Waals surface area contributed by atoms with Gasteiger partial charge in [-0.15, -0.1) is 5.10 Å². The molecule has 7 heterocycles. The van der Waals surface area contributed by atoms with Crippen molar-refractivity contribution in [3.05, 3.63) is 81.8 Å². The van der Waals surface area contributed by atoms with Crippen LogP contribution in [0.25, 0.3) is 22.2 Å². The molecule has 10 bridgehead atoms. The van der Waals surface area contributed by atoms with Crippen LogP contribution in [0, 0.1) is 6.92 Å². The second-order valence-corrected chi connectivity index (χ2v) is 11.6. The first-order valence-electron chi connectivity index (χ1n) is 14.6. The summed E-state index contributed by atoms with van der Waals surface area (Å²) in [5, 5.41) is 19.7. The molecular weight excluding hydrogens is 530 g/mol. The Morgan fingerprint density at radius 3 is 2.71 bits per heavy atom. The summed E-state index contributed by atoms with van der Waals surface area (Å²) in [7, 11) is 1.90. The standard InChI is InChI=1S/C32H33N7O3/c1-19-26-17-34-31-29(19)35-36-39(31)10-5-3-4-6-20-12-23-14-27(37(2)30(23)33-16-20)32(42)38-11-9-21-7-8-22(13-24(21)18-38)25(26)15-28(40)41/h7-8,12-14,16-17,25H,3-6,9-11,15,18H2,1-2H3,(H,40,41). The molecule has 10 heteroatoms. The first-order valence-corrected chi connectivity index (χ1v) is 14.6. The van der Waals surface area contributed by atoms with Crippen molar-refractivity contribution in [3.8, 4) is 0 Å². The fraction of sp³-hybridized carbons (Fsp3) is 0.375. The van der Waals surface area contributed by atoms with Crippen molar-refractivity contribution in [1.29, 1.82) is 0 Å². The maximum Gasteiger partial charge on any atom is 0.304 e. The van der Waals surface area contributed by atoms with E-state index >= 15 is 0 Å². The summed E-state index contributed by atoms with van der Waals surface area (Å²) in [6.07, 6.45) is 8.27. The molecule has 0 radical (unpaired) electrons. The van der Waals surface area contributed by atoms with Crippen molar-refractivity contribution in [2.75, 3.05) is 6.54 Å². The minimum atomic E-state index is -0.883. The number of hydrogen-bond acceptors (Lipinski definition) is 6. The van der Waals surface area contributed by atoms with Gasteiger partial charge >= 0.3 is 5.97 Å². The molecule has 0 saturated carbocycles. The summed E-state index contributed by atoms with van der Waals surface area (Å²) < 4.78 is 3.75. The van der Waals surface area contributed by atoms with Crippen LogP contribution in [0.4, 0.5) is 0 Å². The molecule has 3 aliphatic heterocycles. The lowest BCUT2D eigenvalue weighted by Gasteiger charge is -2.30. The van der Waals surface area contributed by atoms with E-state index in [1.54, 1.807) is 6.20 Å². The van der Waals surface area contributed by atoms with Crippen molar-refractivity contribution in [3.63, 3.8) is 0 Å². The third-order valence-electron chi connectivity index (χ3n) is 8.99. The third-order valence-corrected chi connectivity index (χ3v) is 8.99. The van der Waals surface area contributed by atoms with E-state index in [1.807, 2.05) is 46.4 Å². The predicted octanol–water partition coefficient (Wildman–Crippen LogP) is 4.55. The molecule has 3 aliphatic rings. The molecule has 0 spiro atoms. The van der Waals surface area contributed by atoms with Gasteiger partial charge in [-0.05, 0) is 78.1 Å². The van der Waals surface area contributed by atoms with Gasteiger partial charge in [-0.2, -0.15) is 0 Å². The molecule has 1 atom stereocenters. The Morgan fingerprint density at radius 1 is 1.00 bits per heavy atom. The lowest BCUT2D eigenvalue weighted by molar-refractivity contribution is -0.137. The molecule has 0 aliphatic carbocycles. The Balaban J connectivity index is 1.33. The minimum Gasteiger partial charge on any atom is -0.481 e. The number of hydrogen-bond donors (Lipinski definition) is 1. The molecule has 10 nitrogen and oxygen atoms in total. The number of carbonyl (C=O) groups is 2. The fourth-order valence-corrected chi connectivity index (χ4v) is 6.63. The molecule has 1 aromatic carbocycles. The number of aryl methyl sites for hydroxylation is 4. The van der Waals surface area contributed by atoms with Crippen LogP contribution in [-0.4, -0.2) is 58.0 Å². The van der Waals surface area contributed by atoms with Crippen molar-refractivity contribution >= 4 is 34.1 Å². The first-order chi connectivity index (χ1) is 20.4. The average molecular weight is 564 g/mol. The Kier molecular flexibility index (Phi) is 6.48. The van der Waals surface area contributed by atoms with E-state index in [1.165, 1.54) is 11.1 Å². The minimum absolute atomic E-state index is 0.0223. The smallest absolute Gasteiger partial charge is 0.304 e. The maximum atomic E-state index is 13.8. The quantitative estimate of drug-likeness (QED) is 0.335. The van der Waals surface area contributed by atoms with E-state index in [4.69, 9.17) is 9.97 Å². The van der Waals surface area contributed by atoms with E-state index in [-0.39, 0.29) is 12.3 Å². The highest BCUT2D eigenvalue weighted by Gasteiger charge is 2.28. The van der Waals surface area contributed by atoms with Crippen LogP contribution in [0.3, 0.4) is 0 Å². The zero-order valence-electron chi connectivity index (χ0n) is 23.9. The average Bonchev–Trinajstić information content (AvgIpc) is 3.55. The second kappa shape index (κ2) is 10.3. The molecule has 8 rings (SSSR count). The van der Waals surface area contributed by atoms with Crippen molar-refractivity contribution in [1.82, 2.24) is 34.4 Å². The van der Waals surface area contributed by atoms with Gasteiger partial charge in [0.05, 0.1) is 6.42 Å². The number of carboxylic acids is 1. The molecule has 1 amide bonds. The number of rotatable bonds is 2. The van der Waals surface area contributed by atoms with Gasteiger partial charge in [0.1, 0.15) is 16.9 Å². The highest BCUT2D eigenvalue weighted by Crippen LogP contribution is 2.35. The van der Waals surface area contributed by atoms with Gasteiger partial charge in [0.25, 0.3) is 5.91 Å². The van der Waals surface area contributed by atoms with Crippen LogP contribution in [0.1, 0.15) is 75.5 Å². The molecule has 214 valence electrons. The third kappa shape index (κ3) is 4.51. The van der Waals surface area contributed by atoms with Gasteiger partial charge in [0.2, 0.25) is 0 Å². The molecule has 0 saturated heterocycles. The van der Waals surface area contributed by atoms with E-state index in [0.717, 1.165) is 71.0 Å².